The van der Waals surface area contributed by atoms with Crippen molar-refractivity contribution in [1.82, 2.24) is 4.98 Å². The molecule has 2 heterocycles. The van der Waals surface area contributed by atoms with Crippen LogP contribution in [0.2, 0.25) is 0 Å². The molecule has 6 aromatic carbocycles. The number of aromatic nitrogens is 1. The highest BCUT2D eigenvalue weighted by molar-refractivity contribution is 7.21. The molecule has 216 valence electrons. The van der Waals surface area contributed by atoms with Crippen LogP contribution in [0.1, 0.15) is 0 Å². The van der Waals surface area contributed by atoms with Crippen molar-refractivity contribution < 1.29 is 0 Å². The zero-order chi connectivity index (χ0) is 30.9. The van der Waals surface area contributed by atoms with E-state index in [0.717, 1.165) is 27.9 Å². The molecule has 0 atom stereocenters. The van der Waals surface area contributed by atoms with Crippen molar-refractivity contribution in [3.63, 3.8) is 0 Å². The lowest BCUT2D eigenvalue weighted by atomic mass is 9.98. The van der Waals surface area contributed by atoms with Crippen LogP contribution in [0.3, 0.4) is 0 Å². The SMILES string of the molecule is [C-]#[N+]c1ccncc1-c1ccc(-c2ccccc2N2c3ccccc3[Si](c3ccccc3)(c3ccccc3)c3ccccc32)cc1. The van der Waals surface area contributed by atoms with Crippen LogP contribution in [0.4, 0.5) is 22.7 Å². The first kappa shape index (κ1) is 27.5. The van der Waals surface area contributed by atoms with Gasteiger partial charge in [-0.3, -0.25) is 4.98 Å². The highest BCUT2D eigenvalue weighted by atomic mass is 28.3. The van der Waals surface area contributed by atoms with E-state index in [4.69, 9.17) is 6.57 Å². The molecule has 0 fully saturated rings. The van der Waals surface area contributed by atoms with Gasteiger partial charge in [-0.05, 0) is 56.1 Å². The summed E-state index contributed by atoms with van der Waals surface area (Å²) in [6.45, 7) is 7.60. The molecule has 0 amide bonds. The molecule has 0 unspecified atom stereocenters. The Morgan fingerprint density at radius 3 is 1.52 bits per heavy atom. The number of pyridine rings is 1. The molecule has 46 heavy (non-hydrogen) atoms. The predicted octanol–water partition coefficient (Wildman–Crippen LogP) is 8.13. The molecule has 0 saturated carbocycles. The zero-order valence-electron chi connectivity index (χ0n) is 25.1. The van der Waals surface area contributed by atoms with Crippen molar-refractivity contribution in [3.05, 3.63) is 188 Å². The summed E-state index contributed by atoms with van der Waals surface area (Å²) in [5.74, 6) is 0. The number of fused-ring (bicyclic) bond motifs is 2. The average molecular weight is 604 g/mol. The van der Waals surface area contributed by atoms with Crippen LogP contribution >= 0.6 is 0 Å². The van der Waals surface area contributed by atoms with E-state index in [1.54, 1.807) is 18.5 Å². The Balaban J connectivity index is 1.35. The van der Waals surface area contributed by atoms with Crippen molar-refractivity contribution >= 4 is 51.6 Å². The molecule has 0 N–H and O–H groups in total. The first-order chi connectivity index (χ1) is 22.8. The summed E-state index contributed by atoms with van der Waals surface area (Å²) in [5, 5.41) is 5.50. The number of nitrogens with zero attached hydrogens (tertiary/aromatic N) is 3. The van der Waals surface area contributed by atoms with Gasteiger partial charge in [-0.15, -0.1) is 0 Å². The van der Waals surface area contributed by atoms with Gasteiger partial charge in [0.15, 0.2) is 13.8 Å². The van der Waals surface area contributed by atoms with Gasteiger partial charge < -0.3 is 4.90 Å². The molecule has 4 heteroatoms. The van der Waals surface area contributed by atoms with Crippen LogP contribution in [0.25, 0.3) is 27.1 Å². The van der Waals surface area contributed by atoms with E-state index in [1.165, 1.54) is 32.1 Å². The second-order valence-corrected chi connectivity index (χ2v) is 15.2. The third kappa shape index (κ3) is 4.29. The molecule has 7 aromatic rings. The van der Waals surface area contributed by atoms with Crippen LogP contribution in [-0.4, -0.2) is 13.1 Å². The number of hydrogen-bond acceptors (Lipinski definition) is 2. The second kappa shape index (κ2) is 11.5. The third-order valence-electron chi connectivity index (χ3n) is 9.08. The molecular formula is C42H29N3Si. The Hall–Kier alpha value is -6.02. The minimum Gasteiger partial charge on any atom is -0.310 e. The summed E-state index contributed by atoms with van der Waals surface area (Å²) in [7, 11) is -2.67. The van der Waals surface area contributed by atoms with E-state index >= 15 is 0 Å². The topological polar surface area (TPSA) is 20.5 Å². The number of benzene rings is 6. The van der Waals surface area contributed by atoms with E-state index in [9.17, 15) is 0 Å². The van der Waals surface area contributed by atoms with Crippen molar-refractivity contribution in [3.8, 4) is 22.3 Å². The fourth-order valence-electron chi connectivity index (χ4n) is 7.12. The maximum Gasteiger partial charge on any atom is 0.197 e. The molecule has 8 rings (SSSR count). The summed E-state index contributed by atoms with van der Waals surface area (Å²) in [6, 6.07) is 59.1. The number of anilines is 3. The largest absolute Gasteiger partial charge is 0.310 e. The Kier molecular flexibility index (Phi) is 6.87. The first-order valence-electron chi connectivity index (χ1n) is 15.4. The van der Waals surface area contributed by atoms with E-state index < -0.39 is 8.07 Å². The predicted molar refractivity (Wildman–Crippen MR) is 193 cm³/mol. The Labute approximate surface area is 270 Å². The number of para-hydroxylation sites is 3. The van der Waals surface area contributed by atoms with Gasteiger partial charge in [-0.1, -0.05) is 140 Å². The Morgan fingerprint density at radius 2 is 0.957 bits per heavy atom. The maximum absolute atomic E-state index is 7.60. The minimum absolute atomic E-state index is 0.606. The van der Waals surface area contributed by atoms with Crippen molar-refractivity contribution in [1.29, 1.82) is 0 Å². The van der Waals surface area contributed by atoms with Gasteiger partial charge >= 0.3 is 0 Å². The van der Waals surface area contributed by atoms with Crippen LogP contribution in [0.15, 0.2) is 176 Å². The van der Waals surface area contributed by atoms with Gasteiger partial charge in [0.1, 0.15) is 0 Å². The standard InChI is InChI=1S/C42H29N3Si/c1-43-37-28-29-44-30-36(37)32-26-24-31(25-27-32)35-18-8-9-19-38(35)45-39-20-10-12-22-41(39)46(33-14-4-2-5-15-33,34-16-6-3-7-17-34)42-23-13-11-21-40(42)45/h2-30H. The van der Waals surface area contributed by atoms with Crippen LogP contribution in [0.5, 0.6) is 0 Å². The highest BCUT2D eigenvalue weighted by Gasteiger charge is 2.48. The van der Waals surface area contributed by atoms with E-state index in [2.05, 4.69) is 172 Å². The fourth-order valence-corrected chi connectivity index (χ4v) is 12.2. The van der Waals surface area contributed by atoms with Crippen LogP contribution in [0, 0.1) is 6.57 Å². The highest BCUT2D eigenvalue weighted by Crippen LogP contribution is 2.43. The Bertz CT molecular complexity index is 2130. The first-order valence-corrected chi connectivity index (χ1v) is 17.4. The van der Waals surface area contributed by atoms with E-state index in [1.807, 2.05) is 0 Å². The fraction of sp³-hybridized carbons (Fsp3) is 0. The molecule has 3 nitrogen and oxygen atoms in total. The Morgan fingerprint density at radius 1 is 0.478 bits per heavy atom. The van der Waals surface area contributed by atoms with Gasteiger partial charge in [0.25, 0.3) is 0 Å². The van der Waals surface area contributed by atoms with Crippen molar-refractivity contribution in [2.45, 2.75) is 0 Å². The summed E-state index contributed by atoms with van der Waals surface area (Å²) >= 11 is 0. The lowest BCUT2D eigenvalue weighted by Gasteiger charge is -2.45. The monoisotopic (exact) mass is 603 g/mol. The summed E-state index contributed by atoms with van der Waals surface area (Å²) < 4.78 is 0. The van der Waals surface area contributed by atoms with Crippen molar-refractivity contribution in [2.75, 3.05) is 4.90 Å². The third-order valence-corrected chi connectivity index (χ3v) is 13.9. The smallest absolute Gasteiger partial charge is 0.197 e. The summed E-state index contributed by atoms with van der Waals surface area (Å²) in [4.78, 5) is 10.4. The normalized spacial score (nSPS) is 12.9. The van der Waals surface area contributed by atoms with Gasteiger partial charge in [-0.25, -0.2) is 4.85 Å². The summed E-state index contributed by atoms with van der Waals surface area (Å²) in [6.07, 6.45) is 3.44. The average Bonchev–Trinajstić information content (AvgIpc) is 3.14. The lowest BCUT2D eigenvalue weighted by molar-refractivity contribution is 1.29. The number of rotatable bonds is 5. The summed E-state index contributed by atoms with van der Waals surface area (Å²) in [5.41, 5.74) is 8.24. The molecule has 0 saturated heterocycles. The molecule has 1 aliphatic heterocycles. The van der Waals surface area contributed by atoms with Gasteiger partial charge in [0.05, 0.1) is 12.3 Å². The van der Waals surface area contributed by atoms with Crippen LogP contribution < -0.4 is 25.6 Å². The second-order valence-electron chi connectivity index (χ2n) is 11.5. The van der Waals surface area contributed by atoms with Gasteiger partial charge in [-0.2, -0.15) is 0 Å². The van der Waals surface area contributed by atoms with Gasteiger partial charge in [0, 0.05) is 34.9 Å². The van der Waals surface area contributed by atoms with E-state index in [0.29, 0.717) is 5.69 Å². The molecule has 0 spiro atoms. The van der Waals surface area contributed by atoms with Crippen LogP contribution in [-0.2, 0) is 0 Å². The van der Waals surface area contributed by atoms with E-state index in [-0.39, 0.29) is 0 Å². The maximum atomic E-state index is 7.60. The van der Waals surface area contributed by atoms with Gasteiger partial charge in [0.2, 0.25) is 0 Å². The molecule has 0 aliphatic carbocycles. The zero-order valence-corrected chi connectivity index (χ0v) is 26.1. The molecule has 1 aromatic heterocycles. The quantitative estimate of drug-likeness (QED) is 0.146. The molecule has 1 aliphatic rings. The number of hydrogen-bond donors (Lipinski definition) is 0. The molecular weight excluding hydrogens is 575 g/mol. The molecule has 0 bridgehead atoms. The van der Waals surface area contributed by atoms with Crippen molar-refractivity contribution in [2.24, 2.45) is 0 Å². The lowest BCUT2D eigenvalue weighted by Crippen LogP contribution is -2.77. The molecule has 0 radical (unpaired) electrons. The minimum atomic E-state index is -2.67.